The van der Waals surface area contributed by atoms with E-state index in [1.807, 2.05) is 0 Å². The van der Waals surface area contributed by atoms with Crippen molar-refractivity contribution in [1.82, 2.24) is 0 Å². The van der Waals surface area contributed by atoms with Gasteiger partial charge in [-0.05, 0) is 30.4 Å². The first-order valence-electron chi connectivity index (χ1n) is 6.77. The third-order valence-electron chi connectivity index (χ3n) is 3.39. The molecule has 0 aliphatic carbocycles. The molecule has 0 atom stereocenters. The smallest absolute Gasteiger partial charge is 0.205 e. The summed E-state index contributed by atoms with van der Waals surface area (Å²) < 4.78 is 20.9. The Bertz CT molecular complexity index is 870. The van der Waals surface area contributed by atoms with Crippen molar-refractivity contribution in [2.45, 2.75) is 0 Å². The summed E-state index contributed by atoms with van der Waals surface area (Å²) in [5, 5.41) is 10.9. The number of ether oxygens (including phenoxy) is 2. The molecule has 0 radical (unpaired) electrons. The van der Waals surface area contributed by atoms with Gasteiger partial charge in [0.25, 0.3) is 0 Å². The van der Waals surface area contributed by atoms with Crippen LogP contribution in [0, 0.1) is 0 Å². The second-order valence-corrected chi connectivity index (χ2v) is 4.67. The van der Waals surface area contributed by atoms with E-state index < -0.39 is 5.78 Å². The fourth-order valence-electron chi connectivity index (χ4n) is 2.38. The molecule has 3 rings (SSSR count). The summed E-state index contributed by atoms with van der Waals surface area (Å²) in [4.78, 5) is 12.5. The molecule has 3 aromatic rings. The standard InChI is InChI=1S/C17H14O6/c1-20-15-11-7-9-23-16(11)17(21-2)14(19)13(15)12(18)6-5-10-4-3-8-22-10/h3-9,19H,1-2H3. The Labute approximate surface area is 131 Å². The molecule has 0 bridgehead atoms. The van der Waals surface area contributed by atoms with E-state index in [4.69, 9.17) is 18.3 Å². The van der Waals surface area contributed by atoms with Crippen molar-refractivity contribution in [3.8, 4) is 17.2 Å². The van der Waals surface area contributed by atoms with Gasteiger partial charge in [0, 0.05) is 0 Å². The monoisotopic (exact) mass is 314 g/mol. The van der Waals surface area contributed by atoms with Crippen LogP contribution in [0.2, 0.25) is 0 Å². The number of hydrogen-bond donors (Lipinski definition) is 1. The van der Waals surface area contributed by atoms with Crippen LogP contribution >= 0.6 is 0 Å². The molecular weight excluding hydrogens is 300 g/mol. The van der Waals surface area contributed by atoms with Crippen LogP contribution in [0.1, 0.15) is 16.1 Å². The third kappa shape index (κ3) is 2.44. The van der Waals surface area contributed by atoms with Gasteiger partial charge in [-0.25, -0.2) is 0 Å². The van der Waals surface area contributed by atoms with Crippen LogP contribution in [0.15, 0.2) is 45.6 Å². The zero-order chi connectivity index (χ0) is 16.4. The van der Waals surface area contributed by atoms with Gasteiger partial charge in [-0.2, -0.15) is 0 Å². The minimum Gasteiger partial charge on any atom is -0.504 e. The molecule has 0 amide bonds. The molecule has 2 heterocycles. The highest BCUT2D eigenvalue weighted by atomic mass is 16.5. The molecule has 1 N–H and O–H groups in total. The molecule has 0 unspecified atom stereocenters. The molecule has 1 aromatic carbocycles. The zero-order valence-corrected chi connectivity index (χ0v) is 12.5. The Hall–Kier alpha value is -3.15. The number of fused-ring (bicyclic) bond motifs is 1. The van der Waals surface area contributed by atoms with E-state index in [9.17, 15) is 9.90 Å². The first-order valence-corrected chi connectivity index (χ1v) is 6.77. The van der Waals surface area contributed by atoms with Crippen LogP contribution in [0.4, 0.5) is 0 Å². The molecule has 0 saturated heterocycles. The third-order valence-corrected chi connectivity index (χ3v) is 3.39. The van der Waals surface area contributed by atoms with Crippen molar-refractivity contribution in [3.63, 3.8) is 0 Å². The average molecular weight is 314 g/mol. The SMILES string of the molecule is COc1c(C(=O)C=Cc2ccco2)c(O)c(OC)c2occc12. The fourth-order valence-corrected chi connectivity index (χ4v) is 2.38. The first-order chi connectivity index (χ1) is 11.2. The number of rotatable bonds is 5. The van der Waals surface area contributed by atoms with Crippen molar-refractivity contribution in [1.29, 1.82) is 0 Å². The maximum Gasteiger partial charge on any atom is 0.205 e. The second kappa shape index (κ2) is 5.92. The second-order valence-electron chi connectivity index (χ2n) is 4.67. The highest BCUT2D eigenvalue weighted by Gasteiger charge is 2.26. The van der Waals surface area contributed by atoms with E-state index in [1.54, 1.807) is 18.2 Å². The Balaban J connectivity index is 2.15. The number of ketones is 1. The van der Waals surface area contributed by atoms with Gasteiger partial charge in [-0.3, -0.25) is 4.79 Å². The summed E-state index contributed by atoms with van der Waals surface area (Å²) in [5.41, 5.74) is 0.314. The van der Waals surface area contributed by atoms with E-state index >= 15 is 0 Å². The molecule has 0 fully saturated rings. The first kappa shape index (κ1) is 14.8. The summed E-state index contributed by atoms with van der Waals surface area (Å²) in [5.74, 6) is 0.0490. The summed E-state index contributed by atoms with van der Waals surface area (Å²) in [6, 6.07) is 5.06. The molecule has 6 nitrogen and oxygen atoms in total. The zero-order valence-electron chi connectivity index (χ0n) is 12.5. The van der Waals surface area contributed by atoms with Crippen LogP contribution in [0.3, 0.4) is 0 Å². The van der Waals surface area contributed by atoms with Gasteiger partial charge in [0.05, 0.1) is 32.1 Å². The number of hydrogen-bond acceptors (Lipinski definition) is 6. The number of benzene rings is 1. The highest BCUT2D eigenvalue weighted by molar-refractivity contribution is 6.15. The maximum absolute atomic E-state index is 12.5. The number of carbonyl (C=O) groups is 1. The number of phenolic OH excluding ortho intramolecular Hbond substituents is 1. The Kier molecular flexibility index (Phi) is 3.80. The predicted octanol–water partition coefficient (Wildman–Crippen LogP) is 3.64. The number of methoxy groups -OCH3 is 2. The molecule has 0 saturated carbocycles. The molecule has 0 aliphatic rings. The van der Waals surface area contributed by atoms with Crippen molar-refractivity contribution in [2.75, 3.05) is 14.2 Å². The Morgan fingerprint density at radius 1 is 1.13 bits per heavy atom. The lowest BCUT2D eigenvalue weighted by Crippen LogP contribution is -2.02. The number of furan rings is 2. The molecule has 23 heavy (non-hydrogen) atoms. The number of phenols is 1. The summed E-state index contributed by atoms with van der Waals surface area (Å²) in [7, 11) is 2.80. The van der Waals surface area contributed by atoms with Crippen LogP contribution in [-0.2, 0) is 0 Å². The van der Waals surface area contributed by atoms with Crippen molar-refractivity contribution >= 4 is 22.8 Å². The van der Waals surface area contributed by atoms with Crippen LogP contribution < -0.4 is 9.47 Å². The van der Waals surface area contributed by atoms with E-state index in [2.05, 4.69) is 0 Å². The van der Waals surface area contributed by atoms with Gasteiger partial charge in [0.2, 0.25) is 5.75 Å². The van der Waals surface area contributed by atoms with E-state index in [0.29, 0.717) is 16.7 Å². The quantitative estimate of drug-likeness (QED) is 0.572. The Morgan fingerprint density at radius 3 is 2.57 bits per heavy atom. The normalized spacial score (nSPS) is 11.2. The van der Waals surface area contributed by atoms with E-state index in [0.717, 1.165) is 0 Å². The molecular formula is C17H14O6. The van der Waals surface area contributed by atoms with Gasteiger partial charge in [0.1, 0.15) is 17.1 Å². The van der Waals surface area contributed by atoms with Crippen LogP contribution in [-0.4, -0.2) is 25.1 Å². The summed E-state index contributed by atoms with van der Waals surface area (Å²) in [6.07, 6.45) is 5.74. The van der Waals surface area contributed by atoms with Crippen molar-refractivity contribution in [3.05, 3.63) is 48.1 Å². The predicted molar refractivity (Wildman–Crippen MR) is 83.1 cm³/mol. The van der Waals surface area contributed by atoms with Crippen molar-refractivity contribution < 1.29 is 28.2 Å². The van der Waals surface area contributed by atoms with E-state index in [-0.39, 0.29) is 22.8 Å². The molecule has 0 aliphatic heterocycles. The molecule has 118 valence electrons. The van der Waals surface area contributed by atoms with Gasteiger partial charge in [0.15, 0.2) is 17.1 Å². The minimum absolute atomic E-state index is 0.000978. The maximum atomic E-state index is 12.5. The lowest BCUT2D eigenvalue weighted by molar-refractivity contribution is 0.104. The van der Waals surface area contributed by atoms with E-state index in [1.165, 1.54) is 38.9 Å². The lowest BCUT2D eigenvalue weighted by atomic mass is 10.0. The van der Waals surface area contributed by atoms with Gasteiger partial charge < -0.3 is 23.4 Å². The number of aromatic hydroxyl groups is 1. The van der Waals surface area contributed by atoms with Gasteiger partial charge in [-0.1, -0.05) is 0 Å². The molecule has 2 aromatic heterocycles. The van der Waals surface area contributed by atoms with Gasteiger partial charge in [-0.15, -0.1) is 0 Å². The average Bonchev–Trinajstić information content (AvgIpc) is 3.22. The fraction of sp³-hybridized carbons (Fsp3) is 0.118. The Morgan fingerprint density at radius 2 is 1.91 bits per heavy atom. The number of allylic oxidation sites excluding steroid dienone is 1. The lowest BCUT2D eigenvalue weighted by Gasteiger charge is -2.12. The summed E-state index contributed by atoms with van der Waals surface area (Å²) in [6.45, 7) is 0. The van der Waals surface area contributed by atoms with Crippen molar-refractivity contribution in [2.24, 2.45) is 0 Å². The highest BCUT2D eigenvalue weighted by Crippen LogP contribution is 2.45. The topological polar surface area (TPSA) is 82.0 Å². The molecule has 0 spiro atoms. The minimum atomic E-state index is -0.447. The summed E-state index contributed by atoms with van der Waals surface area (Å²) >= 11 is 0. The largest absolute Gasteiger partial charge is 0.504 e. The van der Waals surface area contributed by atoms with Crippen LogP contribution in [0.5, 0.6) is 17.2 Å². The number of carbonyl (C=O) groups excluding carboxylic acids is 1. The van der Waals surface area contributed by atoms with Crippen LogP contribution in [0.25, 0.3) is 17.0 Å². The van der Waals surface area contributed by atoms with Gasteiger partial charge >= 0.3 is 0 Å². The molecule has 6 heteroatoms.